The zero-order chi connectivity index (χ0) is 13.2. The van der Waals surface area contributed by atoms with Crippen molar-refractivity contribution in [2.75, 3.05) is 0 Å². The Morgan fingerprint density at radius 2 is 1.56 bits per heavy atom. The van der Waals surface area contributed by atoms with Crippen molar-refractivity contribution in [1.29, 1.82) is 0 Å². The van der Waals surface area contributed by atoms with Crippen LogP contribution in [0, 0.1) is 11.6 Å². The van der Waals surface area contributed by atoms with Crippen molar-refractivity contribution < 1.29 is 27.1 Å². The Labute approximate surface area is 106 Å². The lowest BCUT2D eigenvalue weighted by atomic mass is 10.0. The summed E-state index contributed by atoms with van der Waals surface area (Å²) in [5.41, 5.74) is 4.52. The van der Waals surface area contributed by atoms with E-state index in [9.17, 15) is 27.1 Å². The molecule has 0 spiro atoms. The van der Waals surface area contributed by atoms with Gasteiger partial charge in [0.1, 0.15) is 17.7 Å². The predicted molar refractivity (Wildman–Crippen MR) is 57.2 cm³/mol. The van der Waals surface area contributed by atoms with Crippen LogP contribution in [0.5, 0.6) is 0 Å². The fourth-order valence-corrected chi connectivity index (χ4v) is 1.28. The summed E-state index contributed by atoms with van der Waals surface area (Å²) in [5.74, 6) is -1.95. The monoisotopic (exact) mass is 291 g/mol. The molecular weight excluding hydrogens is 281 g/mol. The summed E-state index contributed by atoms with van der Waals surface area (Å²) in [6, 6.07) is -0.169. The molecule has 18 heavy (non-hydrogen) atoms. The van der Waals surface area contributed by atoms with Crippen LogP contribution in [0.15, 0.2) is 18.2 Å². The van der Waals surface area contributed by atoms with Gasteiger partial charge in [0.2, 0.25) is 0 Å². The number of hydrogen-bond donors (Lipinski definition) is 2. The van der Waals surface area contributed by atoms with E-state index < -0.39 is 36.4 Å². The Morgan fingerprint density at radius 1 is 1.11 bits per heavy atom. The Kier molecular flexibility index (Phi) is 5.98. The minimum atomic E-state index is -4.66. The molecule has 0 radical (unpaired) electrons. The Morgan fingerprint density at radius 3 is 1.94 bits per heavy atom. The van der Waals surface area contributed by atoms with Crippen molar-refractivity contribution in [3.63, 3.8) is 0 Å². The van der Waals surface area contributed by atoms with Crippen molar-refractivity contribution in [2.45, 2.75) is 24.7 Å². The highest BCUT2D eigenvalue weighted by Gasteiger charge is 2.38. The minimum absolute atomic E-state index is 0. The Balaban J connectivity index is 0.00000289. The van der Waals surface area contributed by atoms with E-state index >= 15 is 0 Å². The Bertz CT molecular complexity index is 378. The van der Waals surface area contributed by atoms with Crippen LogP contribution in [-0.2, 0) is 0 Å². The standard InChI is InChI=1S/C10H10F5NO.ClH/c11-6-1-5(2-7(12)3-6)8(17)4-9(16)10(13,14)15;/h1-3,8-9,17H,4,16H2;1H/t8-,9-;/m1./s1. The smallest absolute Gasteiger partial charge is 0.388 e. The Hall–Kier alpha value is -0.920. The summed E-state index contributed by atoms with van der Waals surface area (Å²) < 4.78 is 61.8. The van der Waals surface area contributed by atoms with Gasteiger partial charge in [-0.2, -0.15) is 13.2 Å². The first-order valence-electron chi connectivity index (χ1n) is 4.66. The van der Waals surface area contributed by atoms with Gasteiger partial charge in [-0.15, -0.1) is 12.4 Å². The second-order valence-corrected chi connectivity index (χ2v) is 3.60. The second-order valence-electron chi connectivity index (χ2n) is 3.60. The summed E-state index contributed by atoms with van der Waals surface area (Å²) in [7, 11) is 0. The van der Waals surface area contributed by atoms with Gasteiger partial charge in [0.05, 0.1) is 6.10 Å². The number of halogens is 6. The van der Waals surface area contributed by atoms with E-state index in [4.69, 9.17) is 5.73 Å². The lowest BCUT2D eigenvalue weighted by molar-refractivity contribution is -0.153. The number of rotatable bonds is 3. The molecular formula is C10H11ClF5NO. The topological polar surface area (TPSA) is 46.2 Å². The third kappa shape index (κ3) is 4.75. The van der Waals surface area contributed by atoms with Gasteiger partial charge in [-0.1, -0.05) is 0 Å². The molecule has 0 fully saturated rings. The molecule has 1 rings (SSSR count). The molecule has 0 bridgehead atoms. The molecule has 0 aliphatic rings. The van der Waals surface area contributed by atoms with E-state index in [0.717, 1.165) is 12.1 Å². The number of nitrogens with two attached hydrogens (primary N) is 1. The molecule has 0 saturated heterocycles. The van der Waals surface area contributed by atoms with E-state index in [1.165, 1.54) is 0 Å². The van der Waals surface area contributed by atoms with Gasteiger partial charge in [0.15, 0.2) is 0 Å². The third-order valence-electron chi connectivity index (χ3n) is 2.17. The largest absolute Gasteiger partial charge is 0.403 e. The molecule has 0 aliphatic heterocycles. The van der Waals surface area contributed by atoms with Crippen LogP contribution in [0.25, 0.3) is 0 Å². The molecule has 2 nitrogen and oxygen atoms in total. The number of alkyl halides is 3. The minimum Gasteiger partial charge on any atom is -0.388 e. The molecule has 0 saturated carbocycles. The van der Waals surface area contributed by atoms with Crippen LogP contribution in [-0.4, -0.2) is 17.3 Å². The molecule has 1 aromatic rings. The van der Waals surface area contributed by atoms with Crippen molar-refractivity contribution in [3.05, 3.63) is 35.4 Å². The summed E-state index contributed by atoms with van der Waals surface area (Å²) in [5, 5.41) is 9.39. The van der Waals surface area contributed by atoms with E-state index in [1.807, 2.05) is 0 Å². The quantitative estimate of drug-likeness (QED) is 0.841. The van der Waals surface area contributed by atoms with Crippen molar-refractivity contribution in [3.8, 4) is 0 Å². The number of aliphatic hydroxyl groups excluding tert-OH is 1. The van der Waals surface area contributed by atoms with Gasteiger partial charge in [-0.25, -0.2) is 8.78 Å². The number of hydrogen-bond acceptors (Lipinski definition) is 2. The lowest BCUT2D eigenvalue weighted by Crippen LogP contribution is -2.38. The molecule has 0 aliphatic carbocycles. The average molecular weight is 292 g/mol. The molecule has 0 heterocycles. The van der Waals surface area contributed by atoms with Gasteiger partial charge in [0, 0.05) is 12.5 Å². The third-order valence-corrected chi connectivity index (χ3v) is 2.17. The zero-order valence-electron chi connectivity index (χ0n) is 8.92. The zero-order valence-corrected chi connectivity index (χ0v) is 9.73. The highest BCUT2D eigenvalue weighted by Crippen LogP contribution is 2.27. The highest BCUT2D eigenvalue weighted by molar-refractivity contribution is 5.85. The average Bonchev–Trinajstić information content (AvgIpc) is 2.14. The van der Waals surface area contributed by atoms with Gasteiger partial charge >= 0.3 is 6.18 Å². The van der Waals surface area contributed by atoms with Crippen LogP contribution in [0.4, 0.5) is 22.0 Å². The van der Waals surface area contributed by atoms with Crippen LogP contribution >= 0.6 is 12.4 Å². The van der Waals surface area contributed by atoms with Crippen molar-refractivity contribution in [1.82, 2.24) is 0 Å². The summed E-state index contributed by atoms with van der Waals surface area (Å²) in [4.78, 5) is 0. The maximum atomic E-state index is 12.8. The first-order valence-corrected chi connectivity index (χ1v) is 4.66. The fraction of sp³-hybridized carbons (Fsp3) is 0.400. The van der Waals surface area contributed by atoms with Crippen LogP contribution < -0.4 is 5.73 Å². The molecule has 0 amide bonds. The van der Waals surface area contributed by atoms with E-state index in [2.05, 4.69) is 0 Å². The summed E-state index contributed by atoms with van der Waals surface area (Å²) in [6.07, 6.45) is -7.18. The molecule has 0 unspecified atom stereocenters. The van der Waals surface area contributed by atoms with Gasteiger partial charge in [-0.05, 0) is 17.7 Å². The molecule has 104 valence electrons. The lowest BCUT2D eigenvalue weighted by Gasteiger charge is -2.19. The van der Waals surface area contributed by atoms with E-state index in [1.54, 1.807) is 0 Å². The van der Waals surface area contributed by atoms with Crippen LogP contribution in [0.2, 0.25) is 0 Å². The van der Waals surface area contributed by atoms with Gasteiger partial charge in [0.25, 0.3) is 0 Å². The first-order chi connectivity index (χ1) is 7.70. The van der Waals surface area contributed by atoms with Gasteiger partial charge in [-0.3, -0.25) is 0 Å². The molecule has 8 heteroatoms. The second kappa shape index (κ2) is 6.31. The summed E-state index contributed by atoms with van der Waals surface area (Å²) in [6.45, 7) is 0. The number of aliphatic hydroxyl groups is 1. The van der Waals surface area contributed by atoms with Crippen LogP contribution in [0.1, 0.15) is 18.1 Å². The van der Waals surface area contributed by atoms with Crippen molar-refractivity contribution >= 4 is 12.4 Å². The predicted octanol–water partition coefficient (Wildman–Crippen LogP) is 2.70. The fourth-order valence-electron chi connectivity index (χ4n) is 1.28. The number of benzene rings is 1. The van der Waals surface area contributed by atoms with Crippen LogP contribution in [0.3, 0.4) is 0 Å². The van der Waals surface area contributed by atoms with Crippen molar-refractivity contribution in [2.24, 2.45) is 5.73 Å². The molecule has 1 aromatic carbocycles. The van der Waals surface area contributed by atoms with E-state index in [-0.39, 0.29) is 18.0 Å². The maximum Gasteiger partial charge on any atom is 0.403 e. The van der Waals surface area contributed by atoms with Gasteiger partial charge < -0.3 is 10.8 Å². The molecule has 2 atom stereocenters. The summed E-state index contributed by atoms with van der Waals surface area (Å²) >= 11 is 0. The molecule has 3 N–H and O–H groups in total. The van der Waals surface area contributed by atoms with E-state index in [0.29, 0.717) is 6.07 Å². The normalized spacial score (nSPS) is 14.8. The first kappa shape index (κ1) is 17.1. The SMILES string of the molecule is Cl.N[C@H](C[C@@H](O)c1cc(F)cc(F)c1)C(F)(F)F. The maximum absolute atomic E-state index is 12.8. The highest BCUT2D eigenvalue weighted by atomic mass is 35.5. The molecule has 0 aromatic heterocycles.